The van der Waals surface area contributed by atoms with Crippen LogP contribution in [-0.2, 0) is 6.42 Å². The van der Waals surface area contributed by atoms with Crippen molar-refractivity contribution in [3.05, 3.63) is 39.9 Å². The van der Waals surface area contributed by atoms with E-state index >= 15 is 0 Å². The summed E-state index contributed by atoms with van der Waals surface area (Å²) < 4.78 is 0. The van der Waals surface area contributed by atoms with Gasteiger partial charge < -0.3 is 5.11 Å². The lowest BCUT2D eigenvalue weighted by atomic mass is 10.3. The summed E-state index contributed by atoms with van der Waals surface area (Å²) in [4.78, 5) is 22.8. The van der Waals surface area contributed by atoms with Crippen LogP contribution in [0.1, 0.15) is 26.9 Å². The van der Waals surface area contributed by atoms with E-state index in [1.165, 1.54) is 12.4 Å². The van der Waals surface area contributed by atoms with Gasteiger partial charge in [-0.1, -0.05) is 0 Å². The third kappa shape index (κ3) is 2.40. The molecule has 2 aromatic rings. The summed E-state index contributed by atoms with van der Waals surface area (Å²) in [6, 6.07) is 0. The van der Waals surface area contributed by atoms with Crippen molar-refractivity contribution in [2.24, 2.45) is 0 Å². The Balaban J connectivity index is 2.14. The van der Waals surface area contributed by atoms with E-state index in [1.807, 2.05) is 12.3 Å². The van der Waals surface area contributed by atoms with Crippen LogP contribution in [0.3, 0.4) is 0 Å². The standard InChI is InChI=1S/C10H9N3O2S/c1-6-5-16-9(13-6)2-8-11-3-7(4-12-8)10(14)15/h3-5H,2H2,1H3,(H,14,15). The molecule has 0 saturated heterocycles. The van der Waals surface area contributed by atoms with Crippen molar-refractivity contribution in [2.75, 3.05) is 0 Å². The van der Waals surface area contributed by atoms with E-state index in [9.17, 15) is 4.79 Å². The molecule has 0 radical (unpaired) electrons. The number of nitrogens with zero attached hydrogens (tertiary/aromatic N) is 3. The highest BCUT2D eigenvalue weighted by atomic mass is 32.1. The Labute approximate surface area is 95.8 Å². The van der Waals surface area contributed by atoms with Crippen LogP contribution in [0.2, 0.25) is 0 Å². The lowest BCUT2D eigenvalue weighted by Gasteiger charge is -1.97. The minimum absolute atomic E-state index is 0.0964. The lowest BCUT2D eigenvalue weighted by Crippen LogP contribution is -2.02. The quantitative estimate of drug-likeness (QED) is 0.873. The van der Waals surface area contributed by atoms with Gasteiger partial charge in [-0.2, -0.15) is 0 Å². The van der Waals surface area contributed by atoms with E-state index in [0.29, 0.717) is 12.2 Å². The second-order valence-electron chi connectivity index (χ2n) is 3.25. The Morgan fingerprint density at radius 3 is 2.62 bits per heavy atom. The number of aryl methyl sites for hydroxylation is 1. The smallest absolute Gasteiger partial charge is 0.338 e. The van der Waals surface area contributed by atoms with E-state index < -0.39 is 5.97 Å². The number of rotatable bonds is 3. The third-order valence-electron chi connectivity index (χ3n) is 1.93. The van der Waals surface area contributed by atoms with Gasteiger partial charge in [-0.05, 0) is 6.92 Å². The normalized spacial score (nSPS) is 10.3. The van der Waals surface area contributed by atoms with Crippen LogP contribution >= 0.6 is 11.3 Å². The topological polar surface area (TPSA) is 76.0 Å². The summed E-state index contributed by atoms with van der Waals surface area (Å²) in [6.07, 6.45) is 3.16. The summed E-state index contributed by atoms with van der Waals surface area (Å²) in [5.41, 5.74) is 1.07. The minimum Gasteiger partial charge on any atom is -0.478 e. The monoisotopic (exact) mass is 235 g/mol. The molecular formula is C10H9N3O2S. The van der Waals surface area contributed by atoms with Crippen molar-refractivity contribution in [3.8, 4) is 0 Å². The molecule has 0 saturated carbocycles. The van der Waals surface area contributed by atoms with Crippen LogP contribution in [0, 0.1) is 6.92 Å². The van der Waals surface area contributed by atoms with Crippen LogP contribution in [-0.4, -0.2) is 26.0 Å². The molecule has 0 spiro atoms. The molecule has 2 aromatic heterocycles. The van der Waals surface area contributed by atoms with Crippen LogP contribution in [0.25, 0.3) is 0 Å². The number of thiazole rings is 1. The molecular weight excluding hydrogens is 226 g/mol. The van der Waals surface area contributed by atoms with Gasteiger partial charge in [-0.25, -0.2) is 19.7 Å². The molecule has 0 fully saturated rings. The highest BCUT2D eigenvalue weighted by Crippen LogP contribution is 2.11. The molecule has 16 heavy (non-hydrogen) atoms. The second-order valence-corrected chi connectivity index (χ2v) is 4.20. The molecule has 82 valence electrons. The number of carbonyl (C=O) groups is 1. The lowest BCUT2D eigenvalue weighted by molar-refractivity contribution is 0.0696. The Bertz CT molecular complexity index is 507. The highest BCUT2D eigenvalue weighted by molar-refractivity contribution is 7.09. The number of carboxylic acids is 1. The largest absolute Gasteiger partial charge is 0.478 e. The first-order chi connectivity index (χ1) is 7.65. The van der Waals surface area contributed by atoms with Crippen LogP contribution < -0.4 is 0 Å². The van der Waals surface area contributed by atoms with E-state index in [-0.39, 0.29) is 5.56 Å². The zero-order valence-electron chi connectivity index (χ0n) is 8.54. The summed E-state index contributed by atoms with van der Waals surface area (Å²) in [5, 5.41) is 11.6. The van der Waals surface area contributed by atoms with Gasteiger partial charge in [-0.15, -0.1) is 11.3 Å². The first-order valence-corrected chi connectivity index (χ1v) is 5.48. The highest BCUT2D eigenvalue weighted by Gasteiger charge is 2.06. The molecule has 0 aliphatic rings. The Morgan fingerprint density at radius 1 is 1.44 bits per heavy atom. The van der Waals surface area contributed by atoms with Gasteiger partial charge in [0.05, 0.1) is 12.0 Å². The fourth-order valence-corrected chi connectivity index (χ4v) is 1.94. The molecule has 1 N–H and O–H groups in total. The van der Waals surface area contributed by atoms with Gasteiger partial charge >= 0.3 is 5.97 Å². The number of aromatic carboxylic acids is 1. The van der Waals surface area contributed by atoms with Gasteiger partial charge in [0.25, 0.3) is 0 Å². The zero-order chi connectivity index (χ0) is 11.5. The van der Waals surface area contributed by atoms with Crippen molar-refractivity contribution in [1.82, 2.24) is 15.0 Å². The van der Waals surface area contributed by atoms with Gasteiger partial charge in [0.2, 0.25) is 0 Å². The summed E-state index contributed by atoms with van der Waals surface area (Å²) in [6.45, 7) is 1.92. The Morgan fingerprint density at radius 2 is 2.12 bits per heavy atom. The zero-order valence-corrected chi connectivity index (χ0v) is 9.36. The Kier molecular flexibility index (Phi) is 2.91. The maximum atomic E-state index is 10.6. The molecule has 0 unspecified atom stereocenters. The van der Waals surface area contributed by atoms with E-state index in [2.05, 4.69) is 15.0 Å². The average Bonchev–Trinajstić information content (AvgIpc) is 2.65. The maximum Gasteiger partial charge on any atom is 0.338 e. The van der Waals surface area contributed by atoms with Crippen molar-refractivity contribution >= 4 is 17.3 Å². The molecule has 0 atom stereocenters. The summed E-state index contributed by atoms with van der Waals surface area (Å²) in [7, 11) is 0. The fraction of sp³-hybridized carbons (Fsp3) is 0.200. The van der Waals surface area contributed by atoms with Crippen molar-refractivity contribution in [1.29, 1.82) is 0 Å². The van der Waals surface area contributed by atoms with Gasteiger partial charge in [-0.3, -0.25) is 0 Å². The predicted molar refractivity (Wildman–Crippen MR) is 58.6 cm³/mol. The average molecular weight is 235 g/mol. The van der Waals surface area contributed by atoms with Gasteiger partial charge in [0, 0.05) is 23.5 Å². The molecule has 6 heteroatoms. The molecule has 0 aliphatic heterocycles. The van der Waals surface area contributed by atoms with E-state index in [0.717, 1.165) is 10.7 Å². The maximum absolute atomic E-state index is 10.6. The SMILES string of the molecule is Cc1csc(Cc2ncc(C(=O)O)cn2)n1. The molecule has 0 amide bonds. The van der Waals surface area contributed by atoms with Crippen LogP contribution in [0.4, 0.5) is 0 Å². The number of hydrogen-bond donors (Lipinski definition) is 1. The fourth-order valence-electron chi connectivity index (χ4n) is 1.18. The van der Waals surface area contributed by atoms with E-state index in [4.69, 9.17) is 5.11 Å². The third-order valence-corrected chi connectivity index (χ3v) is 2.89. The molecule has 0 aliphatic carbocycles. The molecule has 0 aromatic carbocycles. The number of carboxylic acid groups (broad SMARTS) is 1. The molecule has 5 nitrogen and oxygen atoms in total. The molecule has 0 bridgehead atoms. The second kappa shape index (κ2) is 4.36. The van der Waals surface area contributed by atoms with Crippen molar-refractivity contribution < 1.29 is 9.90 Å². The first kappa shape index (κ1) is 10.7. The van der Waals surface area contributed by atoms with Crippen molar-refractivity contribution in [2.45, 2.75) is 13.3 Å². The van der Waals surface area contributed by atoms with Crippen molar-refractivity contribution in [3.63, 3.8) is 0 Å². The summed E-state index contributed by atoms with van der Waals surface area (Å²) >= 11 is 1.55. The Hall–Kier alpha value is -1.82. The first-order valence-electron chi connectivity index (χ1n) is 4.60. The minimum atomic E-state index is -1.02. The molecule has 2 rings (SSSR count). The van der Waals surface area contributed by atoms with Crippen LogP contribution in [0.15, 0.2) is 17.8 Å². The number of aromatic nitrogens is 3. The van der Waals surface area contributed by atoms with Crippen LogP contribution in [0.5, 0.6) is 0 Å². The van der Waals surface area contributed by atoms with Gasteiger partial charge in [0.1, 0.15) is 10.8 Å². The van der Waals surface area contributed by atoms with Gasteiger partial charge in [0.15, 0.2) is 0 Å². The predicted octanol–water partition coefficient (Wildman–Crippen LogP) is 1.53. The molecule has 2 heterocycles. The summed E-state index contributed by atoms with van der Waals surface area (Å²) in [5.74, 6) is -0.434. The number of hydrogen-bond acceptors (Lipinski definition) is 5. The van der Waals surface area contributed by atoms with E-state index in [1.54, 1.807) is 11.3 Å².